The van der Waals surface area contributed by atoms with Crippen LogP contribution in [0.25, 0.3) is 21.5 Å². The zero-order chi connectivity index (χ0) is 9.38. The molecule has 0 aliphatic rings. The van der Waals surface area contributed by atoms with Crippen molar-refractivity contribution in [3.63, 3.8) is 0 Å². The second kappa shape index (κ2) is 4.03. The molecule has 0 atom stereocenters. The van der Waals surface area contributed by atoms with E-state index in [0.717, 1.165) is 0 Å². The number of hydrogen-bond donors (Lipinski definition) is 0. The molecule has 0 aromatic heterocycles. The van der Waals surface area contributed by atoms with Gasteiger partial charge in [-0.25, -0.2) is 0 Å². The van der Waals surface area contributed by atoms with Gasteiger partial charge < -0.3 is 17.0 Å². The first kappa shape index (κ1) is 10.2. The van der Waals surface area contributed by atoms with Crippen molar-refractivity contribution in [3.05, 3.63) is 60.7 Å². The van der Waals surface area contributed by atoms with Gasteiger partial charge in [-0.2, -0.15) is 0 Å². The van der Waals surface area contributed by atoms with E-state index in [1.54, 1.807) is 0 Å². The van der Waals surface area contributed by atoms with E-state index in [0.29, 0.717) is 0 Å². The Balaban J connectivity index is 0.000000853. The van der Waals surface area contributed by atoms with Crippen molar-refractivity contribution in [1.29, 1.82) is 0 Å². The molecule has 3 aromatic rings. The van der Waals surface area contributed by atoms with Crippen LogP contribution in [0, 0.1) is 0 Å². The van der Waals surface area contributed by atoms with Crippen LogP contribution in [0.15, 0.2) is 60.7 Å². The lowest BCUT2D eigenvalue weighted by Gasteiger charge is -2.02. The smallest absolute Gasteiger partial charge is 0.0105 e. The van der Waals surface area contributed by atoms with E-state index in [1.165, 1.54) is 21.5 Å². The summed E-state index contributed by atoms with van der Waals surface area (Å²) in [6.07, 6.45) is 0. The van der Waals surface area contributed by atoms with Crippen LogP contribution < -0.4 is 17.0 Å². The highest BCUT2D eigenvalue weighted by atomic mass is 79.9. The Hall–Kier alpha value is -1.34. The normalized spacial score (nSPS) is 10.1. The average Bonchev–Trinajstić information content (AvgIpc) is 2.29. The summed E-state index contributed by atoms with van der Waals surface area (Å²) in [5, 5.41) is 5.30. The molecule has 74 valence electrons. The maximum absolute atomic E-state index is 2.18. The van der Waals surface area contributed by atoms with Gasteiger partial charge in [0.15, 0.2) is 0 Å². The van der Waals surface area contributed by atoms with Crippen molar-refractivity contribution in [3.8, 4) is 0 Å². The molecule has 0 fully saturated rings. The molecule has 0 aliphatic carbocycles. The standard InChI is InChI=1S/C14H10.BrH/c1-3-7-13-11(5-1)9-10-12-6-2-4-8-14(12)13;/h1-10H;1H/p-1. The van der Waals surface area contributed by atoms with Crippen LogP contribution >= 0.6 is 0 Å². The van der Waals surface area contributed by atoms with E-state index >= 15 is 0 Å². The average molecular weight is 258 g/mol. The van der Waals surface area contributed by atoms with Crippen molar-refractivity contribution < 1.29 is 17.0 Å². The summed E-state index contributed by atoms with van der Waals surface area (Å²) in [6, 6.07) is 21.4. The predicted molar refractivity (Wildman–Crippen MR) is 61.5 cm³/mol. The largest absolute Gasteiger partial charge is 1.00 e. The second-order valence-electron chi connectivity index (χ2n) is 3.51. The van der Waals surface area contributed by atoms with Gasteiger partial charge in [0, 0.05) is 0 Å². The molecule has 0 radical (unpaired) electrons. The van der Waals surface area contributed by atoms with Gasteiger partial charge in [-0.15, -0.1) is 0 Å². The molecule has 0 amide bonds. The van der Waals surface area contributed by atoms with Gasteiger partial charge in [-0.05, 0) is 21.5 Å². The van der Waals surface area contributed by atoms with Crippen LogP contribution in [0.1, 0.15) is 0 Å². The minimum Gasteiger partial charge on any atom is -1.00 e. The number of rotatable bonds is 0. The molecule has 0 spiro atoms. The lowest BCUT2D eigenvalue weighted by atomic mass is 10.0. The number of halogens is 1. The molecule has 0 nitrogen and oxygen atoms in total. The summed E-state index contributed by atoms with van der Waals surface area (Å²) in [5.74, 6) is 0. The van der Waals surface area contributed by atoms with Crippen LogP contribution in [0.2, 0.25) is 0 Å². The SMILES string of the molecule is [Br-].c1ccc2c(c1)ccc1ccccc12. The third-order valence-corrected chi connectivity index (χ3v) is 2.65. The van der Waals surface area contributed by atoms with Gasteiger partial charge in [-0.1, -0.05) is 60.7 Å². The van der Waals surface area contributed by atoms with Crippen LogP contribution in [0.5, 0.6) is 0 Å². The van der Waals surface area contributed by atoms with E-state index in [4.69, 9.17) is 0 Å². The molecule has 0 N–H and O–H groups in total. The first-order valence-corrected chi connectivity index (χ1v) is 4.82. The van der Waals surface area contributed by atoms with E-state index in [1.807, 2.05) is 0 Å². The maximum atomic E-state index is 2.18. The van der Waals surface area contributed by atoms with Crippen molar-refractivity contribution in [2.75, 3.05) is 0 Å². The lowest BCUT2D eigenvalue weighted by molar-refractivity contribution is -0.00000261. The van der Waals surface area contributed by atoms with E-state index in [2.05, 4.69) is 60.7 Å². The number of hydrogen-bond acceptors (Lipinski definition) is 0. The van der Waals surface area contributed by atoms with Crippen molar-refractivity contribution in [2.24, 2.45) is 0 Å². The first-order valence-electron chi connectivity index (χ1n) is 4.82. The van der Waals surface area contributed by atoms with Crippen LogP contribution in [-0.4, -0.2) is 0 Å². The quantitative estimate of drug-likeness (QED) is 0.528. The van der Waals surface area contributed by atoms with Gasteiger partial charge in [-0.3, -0.25) is 0 Å². The van der Waals surface area contributed by atoms with Crippen molar-refractivity contribution in [2.45, 2.75) is 0 Å². The summed E-state index contributed by atoms with van der Waals surface area (Å²) in [4.78, 5) is 0. The number of benzene rings is 3. The minimum absolute atomic E-state index is 0. The Labute approximate surface area is 99.3 Å². The topological polar surface area (TPSA) is 0 Å². The third kappa shape index (κ3) is 1.64. The molecule has 15 heavy (non-hydrogen) atoms. The molecule has 0 saturated heterocycles. The molecule has 3 aromatic carbocycles. The summed E-state index contributed by atoms with van der Waals surface area (Å²) in [7, 11) is 0. The fourth-order valence-corrected chi connectivity index (χ4v) is 1.95. The van der Waals surface area contributed by atoms with E-state index < -0.39 is 0 Å². The summed E-state index contributed by atoms with van der Waals surface area (Å²) in [6.45, 7) is 0. The van der Waals surface area contributed by atoms with Crippen molar-refractivity contribution >= 4 is 21.5 Å². The van der Waals surface area contributed by atoms with Gasteiger partial charge >= 0.3 is 0 Å². The Kier molecular flexibility index (Phi) is 2.74. The molecule has 1 heteroatoms. The third-order valence-electron chi connectivity index (χ3n) is 2.65. The predicted octanol–water partition coefficient (Wildman–Crippen LogP) is 0.997. The van der Waals surface area contributed by atoms with Crippen molar-refractivity contribution in [1.82, 2.24) is 0 Å². The first-order chi connectivity index (χ1) is 6.95. The van der Waals surface area contributed by atoms with Gasteiger partial charge in [0.1, 0.15) is 0 Å². The Morgan fingerprint density at radius 2 is 0.867 bits per heavy atom. The lowest BCUT2D eigenvalue weighted by Crippen LogP contribution is -3.00. The van der Waals surface area contributed by atoms with Gasteiger partial charge in [0.2, 0.25) is 0 Å². The molecular formula is C14H10Br-. The van der Waals surface area contributed by atoms with E-state index in [9.17, 15) is 0 Å². The molecular weight excluding hydrogens is 248 g/mol. The molecule has 0 unspecified atom stereocenters. The highest BCUT2D eigenvalue weighted by Gasteiger charge is 1.97. The second-order valence-corrected chi connectivity index (χ2v) is 3.51. The fourth-order valence-electron chi connectivity index (χ4n) is 1.95. The van der Waals surface area contributed by atoms with Crippen LogP contribution in [0.3, 0.4) is 0 Å². The molecule has 0 saturated carbocycles. The number of fused-ring (bicyclic) bond motifs is 3. The Morgan fingerprint density at radius 1 is 0.467 bits per heavy atom. The van der Waals surface area contributed by atoms with Crippen LogP contribution in [-0.2, 0) is 0 Å². The highest BCUT2D eigenvalue weighted by molar-refractivity contribution is 6.07. The Bertz CT molecular complexity index is 544. The van der Waals surface area contributed by atoms with Gasteiger partial charge in [0.05, 0.1) is 0 Å². The zero-order valence-corrected chi connectivity index (χ0v) is 9.74. The molecule has 0 heterocycles. The van der Waals surface area contributed by atoms with Gasteiger partial charge in [0.25, 0.3) is 0 Å². The molecule has 3 rings (SSSR count). The minimum atomic E-state index is 0. The van der Waals surface area contributed by atoms with Crippen LogP contribution in [0.4, 0.5) is 0 Å². The zero-order valence-electron chi connectivity index (χ0n) is 8.15. The summed E-state index contributed by atoms with van der Waals surface area (Å²) in [5.41, 5.74) is 0. The highest BCUT2D eigenvalue weighted by Crippen LogP contribution is 2.24. The fraction of sp³-hybridized carbons (Fsp3) is 0. The monoisotopic (exact) mass is 257 g/mol. The summed E-state index contributed by atoms with van der Waals surface area (Å²) < 4.78 is 0. The molecule has 0 bridgehead atoms. The summed E-state index contributed by atoms with van der Waals surface area (Å²) >= 11 is 0. The van der Waals surface area contributed by atoms with E-state index in [-0.39, 0.29) is 17.0 Å². The molecule has 0 aliphatic heterocycles. The Morgan fingerprint density at radius 3 is 1.33 bits per heavy atom. The maximum Gasteiger partial charge on any atom is -0.0105 e.